The number of nitrogens with zero attached hydrogens (tertiary/aromatic N) is 1. The minimum atomic E-state index is -5.12. The van der Waals surface area contributed by atoms with E-state index in [0.29, 0.717) is 12.1 Å². The Kier molecular flexibility index (Phi) is 9.96. The number of benzene rings is 2. The standard InChI is InChI=1S/C29H32F6N2O5/c1-27(2,3)42-26(41)24(36-16-23(38)39)18-9-10-37(22(14-18)11-17-7-5-4-6-8-17)25(40)19-12-20(28(30,31)32)15-21(13-19)29(33,34)35/h4-8,12-13,15,18,22,24,36H,9-11,14,16H2,1-3H3,(H,38,39)/t18-,22-,24?/m0/s1. The Hall–Kier alpha value is -3.61. The molecule has 13 heteroatoms. The number of carbonyl (C=O) groups excluding carboxylic acids is 2. The van der Waals surface area contributed by atoms with Crippen molar-refractivity contribution in [2.45, 2.75) is 70.1 Å². The summed E-state index contributed by atoms with van der Waals surface area (Å²) in [6.07, 6.45) is -9.85. The summed E-state index contributed by atoms with van der Waals surface area (Å²) >= 11 is 0. The molecular formula is C29H32F6N2O5. The zero-order valence-corrected chi connectivity index (χ0v) is 23.2. The average Bonchev–Trinajstić information content (AvgIpc) is 2.86. The molecule has 1 aliphatic rings. The second-order valence-corrected chi connectivity index (χ2v) is 11.2. The van der Waals surface area contributed by atoms with E-state index in [1.54, 1.807) is 51.1 Å². The molecule has 1 unspecified atom stereocenters. The van der Waals surface area contributed by atoms with Crippen molar-refractivity contribution < 1.29 is 50.6 Å². The number of piperidine rings is 1. The molecule has 230 valence electrons. The zero-order valence-electron chi connectivity index (χ0n) is 23.2. The van der Waals surface area contributed by atoms with Crippen LogP contribution in [0, 0.1) is 5.92 Å². The van der Waals surface area contributed by atoms with Gasteiger partial charge in [-0.3, -0.25) is 19.7 Å². The van der Waals surface area contributed by atoms with Crippen molar-refractivity contribution in [1.82, 2.24) is 10.2 Å². The maximum atomic E-state index is 13.6. The van der Waals surface area contributed by atoms with E-state index in [-0.39, 0.29) is 31.9 Å². The number of hydrogen-bond donors (Lipinski definition) is 2. The molecule has 1 fully saturated rings. The minimum absolute atomic E-state index is 0.0377. The number of carboxylic acids is 1. The lowest BCUT2D eigenvalue weighted by Gasteiger charge is -2.42. The number of rotatable bonds is 8. The number of hydrogen-bond acceptors (Lipinski definition) is 5. The molecule has 0 saturated carbocycles. The Labute approximate surface area is 238 Å². The minimum Gasteiger partial charge on any atom is -0.480 e. The van der Waals surface area contributed by atoms with E-state index >= 15 is 0 Å². The lowest BCUT2D eigenvalue weighted by molar-refractivity contribution is -0.160. The number of likely N-dealkylation sites (tertiary alicyclic amines) is 1. The van der Waals surface area contributed by atoms with Crippen LogP contribution in [0.4, 0.5) is 26.3 Å². The second-order valence-electron chi connectivity index (χ2n) is 11.2. The maximum absolute atomic E-state index is 13.6. The van der Waals surface area contributed by atoms with Crippen LogP contribution in [0.25, 0.3) is 0 Å². The first-order valence-electron chi connectivity index (χ1n) is 13.2. The van der Waals surface area contributed by atoms with Gasteiger partial charge in [-0.2, -0.15) is 26.3 Å². The van der Waals surface area contributed by atoms with Crippen molar-refractivity contribution in [2.24, 2.45) is 5.92 Å². The van der Waals surface area contributed by atoms with Crippen LogP contribution < -0.4 is 5.32 Å². The van der Waals surface area contributed by atoms with Gasteiger partial charge >= 0.3 is 24.3 Å². The van der Waals surface area contributed by atoms with Crippen molar-refractivity contribution in [3.8, 4) is 0 Å². The first-order chi connectivity index (χ1) is 19.3. The number of esters is 1. The zero-order chi connectivity index (χ0) is 31.5. The smallest absolute Gasteiger partial charge is 0.416 e. The molecule has 0 radical (unpaired) electrons. The molecule has 7 nitrogen and oxygen atoms in total. The summed E-state index contributed by atoms with van der Waals surface area (Å²) in [5, 5.41) is 11.9. The molecule has 0 spiro atoms. The molecule has 1 heterocycles. The van der Waals surface area contributed by atoms with E-state index in [1.165, 1.54) is 4.90 Å². The van der Waals surface area contributed by atoms with Gasteiger partial charge in [0.2, 0.25) is 0 Å². The highest BCUT2D eigenvalue weighted by Gasteiger charge is 2.42. The Morgan fingerprint density at radius 2 is 1.55 bits per heavy atom. The van der Waals surface area contributed by atoms with Crippen LogP contribution in [0.2, 0.25) is 0 Å². The number of aliphatic carboxylic acids is 1. The second kappa shape index (κ2) is 12.7. The van der Waals surface area contributed by atoms with Crippen LogP contribution in [-0.2, 0) is 33.1 Å². The molecule has 3 rings (SSSR count). The molecule has 0 aliphatic carbocycles. The van der Waals surface area contributed by atoms with Crippen molar-refractivity contribution >= 4 is 17.8 Å². The molecule has 2 aromatic rings. The lowest BCUT2D eigenvalue weighted by Crippen LogP contribution is -2.54. The topological polar surface area (TPSA) is 95.9 Å². The summed E-state index contributed by atoms with van der Waals surface area (Å²) in [7, 11) is 0. The van der Waals surface area contributed by atoms with E-state index in [0.717, 1.165) is 5.56 Å². The van der Waals surface area contributed by atoms with Crippen molar-refractivity contribution in [1.29, 1.82) is 0 Å². The van der Waals surface area contributed by atoms with E-state index in [1.807, 2.05) is 0 Å². The van der Waals surface area contributed by atoms with Gasteiger partial charge in [0.15, 0.2) is 0 Å². The number of amides is 1. The van der Waals surface area contributed by atoms with Gasteiger partial charge in [-0.25, -0.2) is 0 Å². The van der Waals surface area contributed by atoms with Gasteiger partial charge in [-0.05, 0) is 69.7 Å². The van der Waals surface area contributed by atoms with Gasteiger partial charge in [0.25, 0.3) is 5.91 Å². The van der Waals surface area contributed by atoms with Gasteiger partial charge in [0.1, 0.15) is 11.6 Å². The summed E-state index contributed by atoms with van der Waals surface area (Å²) < 4.78 is 86.4. The van der Waals surface area contributed by atoms with E-state index in [9.17, 15) is 45.8 Å². The molecule has 3 atom stereocenters. The van der Waals surface area contributed by atoms with Crippen LogP contribution in [0.1, 0.15) is 60.7 Å². The summed E-state index contributed by atoms with van der Waals surface area (Å²) in [5.41, 5.74) is -4.11. The molecule has 1 amide bonds. The van der Waals surface area contributed by atoms with E-state index < -0.39 is 77.0 Å². The fourth-order valence-electron chi connectivity index (χ4n) is 4.98. The third-order valence-electron chi connectivity index (χ3n) is 6.77. The fraction of sp³-hybridized carbons (Fsp3) is 0.483. The van der Waals surface area contributed by atoms with Gasteiger partial charge in [0, 0.05) is 18.2 Å². The third-order valence-corrected chi connectivity index (χ3v) is 6.77. The fourth-order valence-corrected chi connectivity index (χ4v) is 4.98. The molecule has 2 aromatic carbocycles. The lowest BCUT2D eigenvalue weighted by atomic mass is 9.82. The van der Waals surface area contributed by atoms with Gasteiger partial charge < -0.3 is 14.7 Å². The summed E-state index contributed by atoms with van der Waals surface area (Å²) in [6, 6.07) is 7.70. The van der Waals surface area contributed by atoms with Crippen LogP contribution in [0.5, 0.6) is 0 Å². The highest BCUT2D eigenvalue weighted by atomic mass is 19.4. The number of nitrogens with one attached hydrogen (secondary N) is 1. The largest absolute Gasteiger partial charge is 0.480 e. The van der Waals surface area contributed by atoms with Crippen LogP contribution in [0.3, 0.4) is 0 Å². The normalized spacial score (nSPS) is 18.8. The van der Waals surface area contributed by atoms with Crippen LogP contribution in [-0.4, -0.2) is 58.6 Å². The number of carbonyl (C=O) groups is 3. The summed E-state index contributed by atoms with van der Waals surface area (Å²) in [4.78, 5) is 39.1. The molecular weight excluding hydrogens is 570 g/mol. The maximum Gasteiger partial charge on any atom is 0.416 e. The third kappa shape index (κ3) is 8.94. The van der Waals surface area contributed by atoms with Crippen molar-refractivity contribution in [3.05, 3.63) is 70.8 Å². The Morgan fingerprint density at radius 3 is 2.05 bits per heavy atom. The number of ether oxygens (including phenoxy) is 1. The summed E-state index contributed by atoms with van der Waals surface area (Å²) in [5.74, 6) is -3.50. The first kappa shape index (κ1) is 32.9. The Morgan fingerprint density at radius 1 is 0.976 bits per heavy atom. The molecule has 0 aromatic heterocycles. The molecule has 42 heavy (non-hydrogen) atoms. The first-order valence-corrected chi connectivity index (χ1v) is 13.2. The SMILES string of the molecule is CC(C)(C)OC(=O)C(NCC(=O)O)[C@H]1CCN(C(=O)c2cc(C(F)(F)F)cc(C(F)(F)F)c2)[C@@H](Cc2ccccc2)C1. The van der Waals surface area contributed by atoms with Crippen molar-refractivity contribution in [3.63, 3.8) is 0 Å². The van der Waals surface area contributed by atoms with E-state index in [2.05, 4.69) is 5.32 Å². The number of alkyl halides is 6. The van der Waals surface area contributed by atoms with Gasteiger partial charge in [-0.15, -0.1) is 0 Å². The predicted molar refractivity (Wildman–Crippen MR) is 139 cm³/mol. The molecule has 1 aliphatic heterocycles. The number of halogens is 6. The Balaban J connectivity index is 1.99. The van der Waals surface area contributed by atoms with E-state index in [4.69, 9.17) is 4.74 Å². The van der Waals surface area contributed by atoms with Crippen LogP contribution in [0.15, 0.2) is 48.5 Å². The highest BCUT2D eigenvalue weighted by molar-refractivity contribution is 5.95. The quantitative estimate of drug-likeness (QED) is 0.303. The predicted octanol–water partition coefficient (Wildman–Crippen LogP) is 5.57. The van der Waals surface area contributed by atoms with Gasteiger partial charge in [-0.1, -0.05) is 30.3 Å². The van der Waals surface area contributed by atoms with Crippen LogP contribution >= 0.6 is 0 Å². The molecule has 0 bridgehead atoms. The van der Waals surface area contributed by atoms with Gasteiger partial charge in [0.05, 0.1) is 17.7 Å². The average molecular weight is 603 g/mol. The van der Waals surface area contributed by atoms with Crippen molar-refractivity contribution in [2.75, 3.05) is 13.1 Å². The number of carboxylic acid groups (broad SMARTS) is 1. The Bertz CT molecular complexity index is 1240. The highest BCUT2D eigenvalue weighted by Crippen LogP contribution is 2.37. The molecule has 2 N–H and O–H groups in total. The molecule has 1 saturated heterocycles. The monoisotopic (exact) mass is 602 g/mol. The summed E-state index contributed by atoms with van der Waals surface area (Å²) in [6.45, 7) is 4.26.